The molecule has 3 heterocycles. The summed E-state index contributed by atoms with van der Waals surface area (Å²) in [4.78, 5) is 42.3. The quantitative estimate of drug-likeness (QED) is 0.644. The number of hydrogen-bond donors (Lipinski definition) is 2. The van der Waals surface area contributed by atoms with Gasteiger partial charge in [0.25, 0.3) is 0 Å². The van der Waals surface area contributed by atoms with Crippen LogP contribution in [-0.4, -0.2) is 47.2 Å². The van der Waals surface area contributed by atoms with Crippen LogP contribution in [0, 0.1) is 25.7 Å². The zero-order chi connectivity index (χ0) is 23.3. The second-order valence-corrected chi connectivity index (χ2v) is 10.3. The van der Waals surface area contributed by atoms with Crippen molar-refractivity contribution in [2.75, 3.05) is 23.9 Å². The van der Waals surface area contributed by atoms with Gasteiger partial charge in [-0.2, -0.15) is 11.8 Å². The zero-order valence-corrected chi connectivity index (χ0v) is 20.0. The molecule has 2 saturated heterocycles. The first-order valence-corrected chi connectivity index (χ1v) is 12.9. The Morgan fingerprint density at radius 2 is 1.79 bits per heavy atom. The molecule has 7 heteroatoms. The van der Waals surface area contributed by atoms with Gasteiger partial charge in [0.1, 0.15) is 5.54 Å². The maximum absolute atomic E-state index is 13.8. The van der Waals surface area contributed by atoms with E-state index in [1.54, 1.807) is 11.8 Å². The van der Waals surface area contributed by atoms with Gasteiger partial charge in [0.05, 0.1) is 11.8 Å². The number of likely N-dealkylation sites (tertiary alicyclic amines) is 1. The van der Waals surface area contributed by atoms with Gasteiger partial charge in [-0.3, -0.25) is 24.6 Å². The fraction of sp³-hybridized carbons (Fsp3) is 0.423. The van der Waals surface area contributed by atoms with Gasteiger partial charge < -0.3 is 5.32 Å². The minimum atomic E-state index is -1.20. The molecule has 6 nitrogen and oxygen atoms in total. The second kappa shape index (κ2) is 8.29. The summed E-state index contributed by atoms with van der Waals surface area (Å²) in [5, 5.41) is 6.57. The summed E-state index contributed by atoms with van der Waals surface area (Å²) in [5.74, 6) is -1.01. The van der Waals surface area contributed by atoms with Gasteiger partial charge in [-0.25, -0.2) is 0 Å². The third-order valence-electron chi connectivity index (χ3n) is 7.61. The number of benzene rings is 2. The van der Waals surface area contributed by atoms with Crippen molar-refractivity contribution in [2.45, 2.75) is 38.3 Å². The molecular formula is C26H29N3O3S. The molecule has 0 aromatic heterocycles. The van der Waals surface area contributed by atoms with Gasteiger partial charge >= 0.3 is 0 Å². The highest BCUT2D eigenvalue weighted by Gasteiger charge is 2.70. The number of carbonyl (C=O) groups excluding carboxylic acids is 3. The van der Waals surface area contributed by atoms with Gasteiger partial charge in [-0.15, -0.1) is 0 Å². The van der Waals surface area contributed by atoms with E-state index in [2.05, 4.69) is 10.6 Å². The Morgan fingerprint density at radius 3 is 2.52 bits per heavy atom. The number of aryl methyl sites for hydroxylation is 1. The topological polar surface area (TPSA) is 78.5 Å². The van der Waals surface area contributed by atoms with Crippen molar-refractivity contribution >= 4 is 35.2 Å². The minimum Gasteiger partial charge on any atom is -0.324 e. The summed E-state index contributed by atoms with van der Waals surface area (Å²) in [5.41, 5.74) is 3.54. The molecule has 3 aliphatic rings. The van der Waals surface area contributed by atoms with Gasteiger partial charge in [-0.1, -0.05) is 42.5 Å². The lowest BCUT2D eigenvalue weighted by atomic mass is 9.76. The summed E-state index contributed by atoms with van der Waals surface area (Å²) in [6, 6.07) is 13.6. The van der Waals surface area contributed by atoms with Crippen LogP contribution in [0.25, 0.3) is 0 Å². The van der Waals surface area contributed by atoms with E-state index in [4.69, 9.17) is 0 Å². The number of carbonyl (C=O) groups is 3. The molecule has 2 aromatic carbocycles. The number of amides is 3. The van der Waals surface area contributed by atoms with Gasteiger partial charge in [-0.05, 0) is 55.4 Å². The molecule has 0 unspecified atom stereocenters. The molecule has 5 rings (SSSR count). The SMILES string of the molecule is CSCC[C@H]1N[C@@]2(C(=O)Nc3c2ccc(C)c3C)[C@H]2C(=O)N(CCc3ccccc3)C(=O)[C@H]12. The first kappa shape index (κ1) is 22.2. The monoisotopic (exact) mass is 463 g/mol. The van der Waals surface area contributed by atoms with E-state index in [0.717, 1.165) is 40.1 Å². The number of anilines is 1. The third kappa shape index (κ3) is 3.24. The molecule has 1 spiro atoms. The lowest BCUT2D eigenvalue weighted by Gasteiger charge is -2.29. The van der Waals surface area contributed by atoms with Crippen LogP contribution in [0.2, 0.25) is 0 Å². The summed E-state index contributed by atoms with van der Waals surface area (Å²) in [6.07, 6.45) is 3.36. The van der Waals surface area contributed by atoms with E-state index in [-0.39, 0.29) is 23.8 Å². The number of rotatable bonds is 6. The normalized spacial score (nSPS) is 27.9. The van der Waals surface area contributed by atoms with E-state index in [0.29, 0.717) is 13.0 Å². The Hall–Kier alpha value is -2.64. The predicted octanol–water partition coefficient (Wildman–Crippen LogP) is 3.02. The first-order chi connectivity index (χ1) is 15.9. The Kier molecular flexibility index (Phi) is 5.57. The Morgan fingerprint density at radius 1 is 1.03 bits per heavy atom. The molecule has 4 atom stereocenters. The third-order valence-corrected chi connectivity index (χ3v) is 8.26. The highest BCUT2D eigenvalue weighted by molar-refractivity contribution is 7.98. The van der Waals surface area contributed by atoms with Crippen LogP contribution in [0.15, 0.2) is 42.5 Å². The molecule has 0 bridgehead atoms. The molecule has 0 aliphatic carbocycles. The van der Waals surface area contributed by atoms with Crippen molar-refractivity contribution < 1.29 is 14.4 Å². The Balaban J connectivity index is 1.54. The van der Waals surface area contributed by atoms with Crippen molar-refractivity contribution in [2.24, 2.45) is 11.8 Å². The molecule has 2 N–H and O–H groups in total. The number of hydrogen-bond acceptors (Lipinski definition) is 5. The van der Waals surface area contributed by atoms with Crippen molar-refractivity contribution in [3.63, 3.8) is 0 Å². The van der Waals surface area contributed by atoms with Crippen molar-refractivity contribution in [1.82, 2.24) is 10.2 Å². The lowest BCUT2D eigenvalue weighted by molar-refractivity contribution is -0.142. The molecule has 3 amide bonds. The molecule has 2 fully saturated rings. The fourth-order valence-electron chi connectivity index (χ4n) is 5.78. The van der Waals surface area contributed by atoms with E-state index < -0.39 is 17.4 Å². The predicted molar refractivity (Wildman–Crippen MR) is 130 cm³/mol. The van der Waals surface area contributed by atoms with Crippen molar-refractivity contribution in [1.29, 1.82) is 0 Å². The van der Waals surface area contributed by atoms with Crippen LogP contribution < -0.4 is 10.6 Å². The highest BCUT2D eigenvalue weighted by atomic mass is 32.2. The molecule has 2 aromatic rings. The Labute approximate surface area is 198 Å². The van der Waals surface area contributed by atoms with Crippen LogP contribution >= 0.6 is 11.8 Å². The van der Waals surface area contributed by atoms with Crippen LogP contribution in [0.5, 0.6) is 0 Å². The number of imide groups is 1. The zero-order valence-electron chi connectivity index (χ0n) is 19.2. The summed E-state index contributed by atoms with van der Waals surface area (Å²) < 4.78 is 0. The average molecular weight is 464 g/mol. The number of nitrogens with zero attached hydrogens (tertiary/aromatic N) is 1. The molecule has 33 heavy (non-hydrogen) atoms. The van der Waals surface area contributed by atoms with Crippen molar-refractivity contribution in [3.8, 4) is 0 Å². The van der Waals surface area contributed by atoms with Gasteiger partial charge in [0.15, 0.2) is 0 Å². The average Bonchev–Trinajstić information content (AvgIpc) is 3.39. The first-order valence-electron chi connectivity index (χ1n) is 11.5. The maximum Gasteiger partial charge on any atom is 0.250 e. The molecule has 3 aliphatic heterocycles. The smallest absolute Gasteiger partial charge is 0.250 e. The number of nitrogens with one attached hydrogen (secondary N) is 2. The van der Waals surface area contributed by atoms with E-state index in [1.807, 2.05) is 62.6 Å². The van der Waals surface area contributed by atoms with E-state index in [1.165, 1.54) is 4.90 Å². The largest absolute Gasteiger partial charge is 0.324 e. The summed E-state index contributed by atoms with van der Waals surface area (Å²) in [7, 11) is 0. The maximum atomic E-state index is 13.8. The fourth-order valence-corrected chi connectivity index (χ4v) is 6.27. The van der Waals surface area contributed by atoms with Gasteiger partial charge in [0, 0.05) is 23.8 Å². The van der Waals surface area contributed by atoms with Crippen LogP contribution in [-0.2, 0) is 26.3 Å². The van der Waals surface area contributed by atoms with Crippen molar-refractivity contribution in [3.05, 3.63) is 64.7 Å². The molecule has 0 radical (unpaired) electrons. The molecule has 172 valence electrons. The summed E-state index contributed by atoms with van der Waals surface area (Å²) >= 11 is 1.70. The van der Waals surface area contributed by atoms with Crippen LogP contribution in [0.1, 0.15) is 28.7 Å². The van der Waals surface area contributed by atoms with Crippen LogP contribution in [0.3, 0.4) is 0 Å². The minimum absolute atomic E-state index is 0.151. The van der Waals surface area contributed by atoms with Crippen LogP contribution in [0.4, 0.5) is 5.69 Å². The number of fused-ring (bicyclic) bond motifs is 4. The highest BCUT2D eigenvalue weighted by Crippen LogP contribution is 2.54. The van der Waals surface area contributed by atoms with E-state index in [9.17, 15) is 14.4 Å². The second-order valence-electron chi connectivity index (χ2n) is 9.29. The molecular weight excluding hydrogens is 434 g/mol. The molecule has 0 saturated carbocycles. The lowest BCUT2D eigenvalue weighted by Crippen LogP contribution is -2.53. The Bertz CT molecular complexity index is 1140. The van der Waals surface area contributed by atoms with E-state index >= 15 is 0 Å². The standard InChI is InChI=1S/C26H29N3O3S/c1-15-9-10-18-22(16(15)2)27-25(32)26(18)21-20(19(28-26)12-14-33-3)23(30)29(24(21)31)13-11-17-7-5-4-6-8-17/h4-10,19-21,28H,11-14H2,1-3H3,(H,27,32)/t19-,20-,21-,26-/m1/s1. The summed E-state index contributed by atoms with van der Waals surface area (Å²) in [6.45, 7) is 4.33. The van der Waals surface area contributed by atoms with Gasteiger partial charge in [0.2, 0.25) is 17.7 Å². The number of thioether (sulfide) groups is 1.